The summed E-state index contributed by atoms with van der Waals surface area (Å²) in [5.74, 6) is 0. The monoisotopic (exact) mass is 222 g/mol. The highest BCUT2D eigenvalue weighted by Gasteiger charge is 2.32. The van der Waals surface area contributed by atoms with Gasteiger partial charge in [0.25, 0.3) is 3.91 Å². The largest absolute Gasteiger partial charge is 0.304 e. The van der Waals surface area contributed by atoms with E-state index >= 15 is 0 Å². The van der Waals surface area contributed by atoms with E-state index in [0.717, 1.165) is 0 Å². The fourth-order valence-electron chi connectivity index (χ4n) is 0.369. The van der Waals surface area contributed by atoms with E-state index in [2.05, 4.69) is 0 Å². The summed E-state index contributed by atoms with van der Waals surface area (Å²) in [6, 6.07) is 0. The molecule has 0 aromatic rings. The van der Waals surface area contributed by atoms with Crippen molar-refractivity contribution in [3.05, 3.63) is 0 Å². The van der Waals surface area contributed by atoms with Crippen molar-refractivity contribution in [3.63, 3.8) is 0 Å². The van der Waals surface area contributed by atoms with Crippen LogP contribution in [-0.4, -0.2) is 36.1 Å². The van der Waals surface area contributed by atoms with Gasteiger partial charge in [-0.05, 0) is 0 Å². The van der Waals surface area contributed by atoms with Crippen LogP contribution in [-0.2, 0) is 32.0 Å². The molecule has 0 aliphatic heterocycles. The summed E-state index contributed by atoms with van der Waals surface area (Å²) in [6.07, 6.45) is 0.611. The molecule has 0 rings (SSSR count). The first-order valence-electron chi connectivity index (χ1n) is 2.15. The van der Waals surface area contributed by atoms with Crippen LogP contribution in [0.25, 0.3) is 0 Å². The molecule has 0 aromatic carbocycles. The predicted molar refractivity (Wildman–Crippen MR) is 40.2 cm³/mol. The van der Waals surface area contributed by atoms with Crippen molar-refractivity contribution in [2.24, 2.45) is 0 Å². The average Bonchev–Trinajstić information content (AvgIpc) is 1.54. The van der Waals surface area contributed by atoms with Gasteiger partial charge in [-0.2, -0.15) is 0 Å². The van der Waals surface area contributed by atoms with Gasteiger partial charge in [-0.25, -0.2) is 16.8 Å². The molecule has 2 N–H and O–H groups in total. The van der Waals surface area contributed by atoms with Crippen LogP contribution in [0.15, 0.2) is 0 Å². The summed E-state index contributed by atoms with van der Waals surface area (Å²) in [5.41, 5.74) is 0. The fraction of sp³-hybridized carbons (Fsp3) is 1.00. The molecule has 0 heterocycles. The molecular formula is C2H6O6S3. The van der Waals surface area contributed by atoms with Crippen LogP contribution in [0.1, 0.15) is 0 Å². The van der Waals surface area contributed by atoms with Crippen LogP contribution >= 0.6 is 0 Å². The quantitative estimate of drug-likeness (QED) is 0.578. The SMILES string of the molecule is CS(=O)(=O)C(S(=O)O)S(=O)O. The Morgan fingerprint density at radius 1 is 1.18 bits per heavy atom. The lowest BCUT2D eigenvalue weighted by molar-refractivity contribution is 0.546. The second-order valence-electron chi connectivity index (χ2n) is 1.67. The molecule has 0 spiro atoms. The maximum atomic E-state index is 10.5. The number of sulfone groups is 1. The Morgan fingerprint density at radius 3 is 1.45 bits per heavy atom. The molecule has 0 radical (unpaired) electrons. The highest BCUT2D eigenvalue weighted by molar-refractivity contribution is 8.17. The molecule has 0 bridgehead atoms. The Labute approximate surface area is 68.5 Å². The van der Waals surface area contributed by atoms with Gasteiger partial charge in [-0.3, -0.25) is 0 Å². The third kappa shape index (κ3) is 3.38. The molecule has 0 fully saturated rings. The van der Waals surface area contributed by atoms with Crippen molar-refractivity contribution < 1.29 is 25.9 Å². The summed E-state index contributed by atoms with van der Waals surface area (Å²) in [5, 5.41) is 0. The van der Waals surface area contributed by atoms with E-state index in [1.807, 2.05) is 0 Å². The molecule has 0 saturated carbocycles. The van der Waals surface area contributed by atoms with Gasteiger partial charge in [0.2, 0.25) is 0 Å². The average molecular weight is 222 g/mol. The molecule has 0 aromatic heterocycles. The Morgan fingerprint density at radius 2 is 1.45 bits per heavy atom. The lowest BCUT2D eigenvalue weighted by Crippen LogP contribution is -2.29. The third-order valence-electron chi connectivity index (χ3n) is 0.679. The summed E-state index contributed by atoms with van der Waals surface area (Å²) >= 11 is -5.68. The van der Waals surface area contributed by atoms with Crippen molar-refractivity contribution in [2.45, 2.75) is 3.91 Å². The van der Waals surface area contributed by atoms with Gasteiger partial charge in [0.1, 0.15) is 0 Å². The molecule has 6 nitrogen and oxygen atoms in total. The Bertz CT molecular complexity index is 262. The van der Waals surface area contributed by atoms with Gasteiger partial charge >= 0.3 is 0 Å². The van der Waals surface area contributed by atoms with Crippen LogP contribution in [0.4, 0.5) is 0 Å². The summed E-state index contributed by atoms with van der Waals surface area (Å²) in [4.78, 5) is 0. The van der Waals surface area contributed by atoms with E-state index in [0.29, 0.717) is 6.26 Å². The first kappa shape index (κ1) is 11.2. The summed E-state index contributed by atoms with van der Waals surface area (Å²) < 4.78 is 55.7. The molecule has 0 saturated heterocycles. The zero-order valence-corrected chi connectivity index (χ0v) is 7.78. The first-order chi connectivity index (χ1) is 4.76. The topological polar surface area (TPSA) is 109 Å². The van der Waals surface area contributed by atoms with Crippen molar-refractivity contribution >= 4 is 32.0 Å². The van der Waals surface area contributed by atoms with Gasteiger partial charge in [0, 0.05) is 6.26 Å². The second-order valence-corrected chi connectivity index (χ2v) is 6.74. The molecule has 2 atom stereocenters. The maximum absolute atomic E-state index is 10.5. The molecule has 9 heteroatoms. The van der Waals surface area contributed by atoms with Crippen molar-refractivity contribution in [2.75, 3.05) is 6.26 Å². The predicted octanol–water partition coefficient (Wildman–Crippen LogP) is -1.24. The number of hydrogen-bond donors (Lipinski definition) is 2. The molecule has 0 aliphatic rings. The van der Waals surface area contributed by atoms with E-state index in [4.69, 9.17) is 9.11 Å². The van der Waals surface area contributed by atoms with E-state index in [1.165, 1.54) is 0 Å². The van der Waals surface area contributed by atoms with Crippen LogP contribution in [0.3, 0.4) is 0 Å². The van der Waals surface area contributed by atoms with Gasteiger partial charge in [0.15, 0.2) is 32.0 Å². The third-order valence-corrected chi connectivity index (χ3v) is 6.11. The Balaban J connectivity index is 4.94. The summed E-state index contributed by atoms with van der Waals surface area (Å²) in [6.45, 7) is 0. The van der Waals surface area contributed by atoms with Crippen molar-refractivity contribution in [3.8, 4) is 0 Å². The van der Waals surface area contributed by atoms with Crippen molar-refractivity contribution in [1.29, 1.82) is 0 Å². The van der Waals surface area contributed by atoms with E-state index in [1.54, 1.807) is 0 Å². The minimum atomic E-state index is -3.96. The van der Waals surface area contributed by atoms with Crippen LogP contribution < -0.4 is 0 Å². The van der Waals surface area contributed by atoms with E-state index in [-0.39, 0.29) is 0 Å². The molecule has 2 unspecified atom stereocenters. The molecule has 0 amide bonds. The minimum Gasteiger partial charge on any atom is -0.304 e. The molecule has 11 heavy (non-hydrogen) atoms. The van der Waals surface area contributed by atoms with Crippen LogP contribution in [0.2, 0.25) is 0 Å². The molecule has 0 aliphatic carbocycles. The van der Waals surface area contributed by atoms with Gasteiger partial charge in [0.05, 0.1) is 0 Å². The van der Waals surface area contributed by atoms with E-state index in [9.17, 15) is 16.8 Å². The smallest absolute Gasteiger partial charge is 0.260 e. The number of rotatable bonds is 3. The molecule has 68 valence electrons. The van der Waals surface area contributed by atoms with Crippen molar-refractivity contribution in [1.82, 2.24) is 0 Å². The van der Waals surface area contributed by atoms with Gasteiger partial charge in [-0.15, -0.1) is 0 Å². The number of hydrogen-bond acceptors (Lipinski definition) is 4. The Hall–Kier alpha value is 0.170. The minimum absolute atomic E-state index is 0.611. The first-order valence-corrected chi connectivity index (χ1v) is 6.44. The fourth-order valence-corrected chi connectivity index (χ4v) is 3.33. The zero-order valence-electron chi connectivity index (χ0n) is 5.33. The van der Waals surface area contributed by atoms with E-state index < -0.39 is 35.9 Å². The zero-order chi connectivity index (χ0) is 9.23. The van der Waals surface area contributed by atoms with Crippen LogP contribution in [0, 0.1) is 0 Å². The molecular weight excluding hydrogens is 216 g/mol. The summed E-state index contributed by atoms with van der Waals surface area (Å²) in [7, 11) is -3.96. The highest BCUT2D eigenvalue weighted by atomic mass is 32.3. The second kappa shape index (κ2) is 3.72. The van der Waals surface area contributed by atoms with Gasteiger partial charge < -0.3 is 9.11 Å². The lowest BCUT2D eigenvalue weighted by Gasteiger charge is -2.04. The highest BCUT2D eigenvalue weighted by Crippen LogP contribution is 2.05. The van der Waals surface area contributed by atoms with Gasteiger partial charge in [-0.1, -0.05) is 0 Å². The standard InChI is InChI=1S/C2H6O6S3/c1-11(7,8)2(9(3)4)10(5)6/h2H,1H3,(H,3,4)(H,5,6). The Kier molecular flexibility index (Phi) is 3.77. The van der Waals surface area contributed by atoms with Crippen LogP contribution in [0.5, 0.6) is 0 Å². The maximum Gasteiger partial charge on any atom is 0.260 e. The lowest BCUT2D eigenvalue weighted by atomic mass is 11.8. The normalized spacial score (nSPS) is 20.6.